The van der Waals surface area contributed by atoms with Gasteiger partial charge < -0.3 is 15.5 Å². The van der Waals surface area contributed by atoms with Crippen molar-refractivity contribution in [1.82, 2.24) is 15.5 Å². The maximum absolute atomic E-state index is 4.34. The van der Waals surface area contributed by atoms with Gasteiger partial charge >= 0.3 is 0 Å². The van der Waals surface area contributed by atoms with Crippen LogP contribution in [0.2, 0.25) is 0 Å². The second-order valence-electron chi connectivity index (χ2n) is 6.13. The molecule has 5 heteroatoms. The number of benzene rings is 1. The van der Waals surface area contributed by atoms with Gasteiger partial charge in [-0.3, -0.25) is 4.99 Å². The largest absolute Gasteiger partial charge is 0.354 e. The van der Waals surface area contributed by atoms with E-state index in [0.29, 0.717) is 12.1 Å². The minimum Gasteiger partial charge on any atom is -0.354 e. The van der Waals surface area contributed by atoms with Gasteiger partial charge in [-0.2, -0.15) is 0 Å². The zero-order chi connectivity index (χ0) is 15.9. The Labute approximate surface area is 157 Å². The van der Waals surface area contributed by atoms with Crippen LogP contribution in [-0.4, -0.2) is 44.6 Å². The van der Waals surface area contributed by atoms with Gasteiger partial charge in [0.15, 0.2) is 5.96 Å². The first kappa shape index (κ1) is 20.0. The van der Waals surface area contributed by atoms with E-state index < -0.39 is 0 Å². The molecule has 1 aliphatic rings. The molecule has 0 aliphatic heterocycles. The standard InChI is InChI=1S/C18H28N4.HI/c1-14-9-11-15(12-10-14)17(22(3)4)13-20-18(19-2)21-16-7-5-6-8-16;/h5-6,9-12,16-17H,7-8,13H2,1-4H3,(H2,19,20,21);1H. The van der Waals surface area contributed by atoms with Crippen LogP contribution in [0, 0.1) is 6.92 Å². The average Bonchev–Trinajstić information content (AvgIpc) is 3.00. The highest BCUT2D eigenvalue weighted by Gasteiger charge is 2.16. The summed E-state index contributed by atoms with van der Waals surface area (Å²) in [7, 11) is 6.06. The number of rotatable bonds is 5. The van der Waals surface area contributed by atoms with Crippen LogP contribution >= 0.6 is 24.0 Å². The average molecular weight is 428 g/mol. The second kappa shape index (κ2) is 9.93. The molecule has 0 heterocycles. The van der Waals surface area contributed by atoms with Crippen LogP contribution in [0.5, 0.6) is 0 Å². The lowest BCUT2D eigenvalue weighted by Crippen LogP contribution is -2.45. The lowest BCUT2D eigenvalue weighted by atomic mass is 10.0. The number of hydrogen-bond acceptors (Lipinski definition) is 2. The van der Waals surface area contributed by atoms with E-state index in [0.717, 1.165) is 25.3 Å². The van der Waals surface area contributed by atoms with Crippen molar-refractivity contribution in [3.05, 3.63) is 47.5 Å². The fourth-order valence-electron chi connectivity index (χ4n) is 2.70. The molecule has 4 nitrogen and oxygen atoms in total. The Morgan fingerprint density at radius 2 is 1.83 bits per heavy atom. The monoisotopic (exact) mass is 428 g/mol. The van der Waals surface area contributed by atoms with Gasteiger partial charge in [0.25, 0.3) is 0 Å². The van der Waals surface area contributed by atoms with Crippen molar-refractivity contribution in [2.75, 3.05) is 27.7 Å². The van der Waals surface area contributed by atoms with E-state index in [-0.39, 0.29) is 24.0 Å². The molecule has 1 aromatic rings. The lowest BCUT2D eigenvalue weighted by molar-refractivity contribution is 0.298. The Morgan fingerprint density at radius 1 is 1.22 bits per heavy atom. The normalized spacial score (nSPS) is 16.3. The number of nitrogens with one attached hydrogen (secondary N) is 2. The van der Waals surface area contributed by atoms with E-state index in [1.165, 1.54) is 11.1 Å². The van der Waals surface area contributed by atoms with Gasteiger partial charge in [0.05, 0.1) is 6.04 Å². The van der Waals surface area contributed by atoms with Gasteiger partial charge in [-0.05, 0) is 39.4 Å². The number of guanidine groups is 1. The van der Waals surface area contributed by atoms with Gasteiger partial charge in [-0.15, -0.1) is 24.0 Å². The molecular formula is C18H29IN4. The first-order valence-corrected chi connectivity index (χ1v) is 7.95. The van der Waals surface area contributed by atoms with E-state index in [9.17, 15) is 0 Å². The van der Waals surface area contributed by atoms with E-state index in [4.69, 9.17) is 0 Å². The van der Waals surface area contributed by atoms with Gasteiger partial charge in [-0.1, -0.05) is 42.0 Å². The maximum Gasteiger partial charge on any atom is 0.191 e. The molecule has 128 valence electrons. The van der Waals surface area contributed by atoms with Crippen LogP contribution in [0.15, 0.2) is 41.4 Å². The molecular weight excluding hydrogens is 399 g/mol. The second-order valence-corrected chi connectivity index (χ2v) is 6.13. The summed E-state index contributed by atoms with van der Waals surface area (Å²) in [5.74, 6) is 0.882. The number of likely N-dealkylation sites (N-methyl/N-ethyl adjacent to an activating group) is 1. The molecule has 0 radical (unpaired) electrons. The summed E-state index contributed by atoms with van der Waals surface area (Å²) < 4.78 is 0. The number of aliphatic imine (C=N–C) groups is 1. The van der Waals surface area contributed by atoms with Crippen LogP contribution in [-0.2, 0) is 0 Å². The summed E-state index contributed by atoms with van der Waals surface area (Å²) in [6, 6.07) is 9.55. The van der Waals surface area contributed by atoms with Crippen LogP contribution in [0.25, 0.3) is 0 Å². The Kier molecular flexibility index (Phi) is 8.62. The van der Waals surface area contributed by atoms with Gasteiger partial charge in [0, 0.05) is 19.6 Å². The molecule has 0 aromatic heterocycles. The molecule has 23 heavy (non-hydrogen) atoms. The van der Waals surface area contributed by atoms with Crippen molar-refractivity contribution in [1.29, 1.82) is 0 Å². The molecule has 1 aromatic carbocycles. The quantitative estimate of drug-likeness (QED) is 0.328. The van der Waals surface area contributed by atoms with E-state index in [2.05, 4.69) is 78.0 Å². The van der Waals surface area contributed by atoms with Gasteiger partial charge in [0.1, 0.15) is 0 Å². The van der Waals surface area contributed by atoms with E-state index >= 15 is 0 Å². The van der Waals surface area contributed by atoms with Crippen LogP contribution < -0.4 is 10.6 Å². The first-order chi connectivity index (χ1) is 10.6. The molecule has 2 rings (SSSR count). The molecule has 2 N–H and O–H groups in total. The zero-order valence-corrected chi connectivity index (χ0v) is 16.9. The number of aryl methyl sites for hydroxylation is 1. The van der Waals surface area contributed by atoms with Crippen LogP contribution in [0.1, 0.15) is 30.0 Å². The molecule has 0 saturated heterocycles. The van der Waals surface area contributed by atoms with Crippen molar-refractivity contribution >= 4 is 29.9 Å². The van der Waals surface area contributed by atoms with E-state index in [1.807, 2.05) is 7.05 Å². The molecule has 0 amide bonds. The third kappa shape index (κ3) is 6.14. The molecule has 1 unspecified atom stereocenters. The highest BCUT2D eigenvalue weighted by Crippen LogP contribution is 2.18. The topological polar surface area (TPSA) is 39.7 Å². The molecule has 0 saturated carbocycles. The minimum atomic E-state index is 0. The van der Waals surface area contributed by atoms with E-state index in [1.54, 1.807) is 0 Å². The third-order valence-corrected chi connectivity index (χ3v) is 4.12. The highest BCUT2D eigenvalue weighted by molar-refractivity contribution is 14.0. The summed E-state index contributed by atoms with van der Waals surface area (Å²) in [5, 5.41) is 6.94. The predicted octanol–water partition coefficient (Wildman–Crippen LogP) is 3.10. The molecule has 0 spiro atoms. The summed E-state index contributed by atoms with van der Waals surface area (Å²) >= 11 is 0. The number of hydrogen-bond donors (Lipinski definition) is 2. The molecule has 0 fully saturated rings. The summed E-state index contributed by atoms with van der Waals surface area (Å²) in [5.41, 5.74) is 2.61. The predicted molar refractivity (Wildman–Crippen MR) is 110 cm³/mol. The Hall–Kier alpha value is -1.08. The highest BCUT2D eigenvalue weighted by atomic mass is 127. The maximum atomic E-state index is 4.34. The van der Waals surface area contributed by atoms with Crippen molar-refractivity contribution in [3.8, 4) is 0 Å². The first-order valence-electron chi connectivity index (χ1n) is 7.95. The van der Waals surface area contributed by atoms with Crippen molar-refractivity contribution in [2.45, 2.75) is 31.8 Å². The van der Waals surface area contributed by atoms with Crippen molar-refractivity contribution in [3.63, 3.8) is 0 Å². The SMILES string of the molecule is CN=C(NCC(c1ccc(C)cc1)N(C)C)NC1CC=CC1.I. The van der Waals surface area contributed by atoms with Crippen molar-refractivity contribution < 1.29 is 0 Å². The molecule has 1 atom stereocenters. The Morgan fingerprint density at radius 3 is 2.35 bits per heavy atom. The third-order valence-electron chi connectivity index (χ3n) is 4.12. The Balaban J connectivity index is 0.00000264. The molecule has 1 aliphatic carbocycles. The van der Waals surface area contributed by atoms with Gasteiger partial charge in [-0.25, -0.2) is 0 Å². The zero-order valence-electron chi connectivity index (χ0n) is 14.5. The summed E-state index contributed by atoms with van der Waals surface area (Å²) in [6.45, 7) is 2.95. The summed E-state index contributed by atoms with van der Waals surface area (Å²) in [4.78, 5) is 6.58. The smallest absolute Gasteiger partial charge is 0.191 e. The summed E-state index contributed by atoms with van der Waals surface area (Å²) in [6.07, 6.45) is 6.60. The van der Waals surface area contributed by atoms with Crippen molar-refractivity contribution in [2.24, 2.45) is 4.99 Å². The fraction of sp³-hybridized carbons (Fsp3) is 0.500. The van der Waals surface area contributed by atoms with Crippen LogP contribution in [0.4, 0.5) is 0 Å². The Bertz CT molecular complexity index is 514. The molecule has 0 bridgehead atoms. The lowest BCUT2D eigenvalue weighted by Gasteiger charge is -2.27. The minimum absolute atomic E-state index is 0. The fourth-order valence-corrected chi connectivity index (χ4v) is 2.70. The van der Waals surface area contributed by atoms with Crippen LogP contribution in [0.3, 0.4) is 0 Å². The van der Waals surface area contributed by atoms with Gasteiger partial charge in [0.2, 0.25) is 0 Å². The number of nitrogens with zero attached hydrogens (tertiary/aromatic N) is 2. The number of halogens is 1.